The third-order valence-corrected chi connectivity index (χ3v) is 4.98. The molecule has 1 aliphatic carbocycles. The zero-order chi connectivity index (χ0) is 20.9. The van der Waals surface area contributed by atoms with Crippen LogP contribution in [-0.4, -0.2) is 25.0 Å². The lowest BCUT2D eigenvalue weighted by molar-refractivity contribution is -0.151. The molecule has 4 rings (SSSR count). The van der Waals surface area contributed by atoms with Gasteiger partial charge in [-0.1, -0.05) is 48.5 Å². The van der Waals surface area contributed by atoms with Crippen molar-refractivity contribution in [2.24, 2.45) is 0 Å². The van der Waals surface area contributed by atoms with Crippen LogP contribution < -0.4 is 10.1 Å². The molecule has 152 valence electrons. The van der Waals surface area contributed by atoms with Crippen LogP contribution in [0.2, 0.25) is 0 Å². The molecule has 0 unspecified atom stereocenters. The molecular weight excluding hydrogens is 378 g/mol. The van der Waals surface area contributed by atoms with E-state index in [1.165, 1.54) is 6.08 Å². The third kappa shape index (κ3) is 4.87. The quantitative estimate of drug-likeness (QED) is 0.470. The van der Waals surface area contributed by atoms with Crippen LogP contribution in [0.25, 0.3) is 16.8 Å². The topological polar surface area (TPSA) is 64.6 Å². The van der Waals surface area contributed by atoms with E-state index in [0.717, 1.165) is 34.9 Å². The molecule has 1 aliphatic rings. The molecule has 3 aromatic carbocycles. The van der Waals surface area contributed by atoms with Crippen molar-refractivity contribution in [3.8, 4) is 5.75 Å². The number of rotatable bonds is 7. The van der Waals surface area contributed by atoms with Crippen molar-refractivity contribution in [3.05, 3.63) is 83.9 Å². The van der Waals surface area contributed by atoms with E-state index < -0.39 is 12.1 Å². The maximum atomic E-state index is 12.6. The second-order valence-electron chi connectivity index (χ2n) is 7.32. The SMILES string of the molecule is COc1ccc2cc(/C=C/C(=O)O[C@@H](C(=O)NC3CC3)c3ccccc3)ccc2c1. The van der Waals surface area contributed by atoms with Gasteiger partial charge >= 0.3 is 5.97 Å². The van der Waals surface area contributed by atoms with E-state index >= 15 is 0 Å². The Hall–Kier alpha value is -3.60. The van der Waals surface area contributed by atoms with Crippen molar-refractivity contribution in [2.45, 2.75) is 25.0 Å². The molecule has 0 radical (unpaired) electrons. The van der Waals surface area contributed by atoms with Crippen molar-refractivity contribution in [2.75, 3.05) is 7.11 Å². The minimum atomic E-state index is -0.965. The zero-order valence-electron chi connectivity index (χ0n) is 16.7. The van der Waals surface area contributed by atoms with Gasteiger partial charge in [0, 0.05) is 17.7 Å². The molecule has 1 saturated carbocycles. The minimum absolute atomic E-state index is 0.189. The second-order valence-corrected chi connectivity index (χ2v) is 7.32. The molecule has 5 nitrogen and oxygen atoms in total. The number of methoxy groups -OCH3 is 1. The smallest absolute Gasteiger partial charge is 0.331 e. The van der Waals surface area contributed by atoms with Gasteiger partial charge in [0.2, 0.25) is 6.10 Å². The van der Waals surface area contributed by atoms with Gasteiger partial charge in [-0.2, -0.15) is 0 Å². The Morgan fingerprint density at radius 2 is 1.73 bits per heavy atom. The van der Waals surface area contributed by atoms with Crippen molar-refractivity contribution >= 4 is 28.7 Å². The van der Waals surface area contributed by atoms with Crippen LogP contribution in [0.4, 0.5) is 0 Å². The highest BCUT2D eigenvalue weighted by Crippen LogP contribution is 2.24. The number of carbonyl (C=O) groups excluding carboxylic acids is 2. The average Bonchev–Trinajstić information content (AvgIpc) is 3.60. The van der Waals surface area contributed by atoms with E-state index in [1.54, 1.807) is 25.3 Å². The molecule has 30 heavy (non-hydrogen) atoms. The fourth-order valence-electron chi connectivity index (χ4n) is 3.20. The maximum Gasteiger partial charge on any atom is 0.331 e. The number of esters is 1. The van der Waals surface area contributed by atoms with Gasteiger partial charge in [-0.05, 0) is 53.5 Å². The number of carbonyl (C=O) groups is 2. The lowest BCUT2D eigenvalue weighted by Crippen LogP contribution is -2.33. The lowest BCUT2D eigenvalue weighted by Gasteiger charge is -2.17. The van der Waals surface area contributed by atoms with E-state index in [0.29, 0.717) is 5.56 Å². The Morgan fingerprint density at radius 1 is 1.00 bits per heavy atom. The van der Waals surface area contributed by atoms with Gasteiger partial charge in [-0.15, -0.1) is 0 Å². The highest BCUT2D eigenvalue weighted by Gasteiger charge is 2.30. The van der Waals surface area contributed by atoms with E-state index in [4.69, 9.17) is 9.47 Å². The van der Waals surface area contributed by atoms with Gasteiger partial charge < -0.3 is 14.8 Å². The van der Waals surface area contributed by atoms with E-state index in [-0.39, 0.29) is 11.9 Å². The molecule has 0 spiro atoms. The minimum Gasteiger partial charge on any atom is -0.497 e. The highest BCUT2D eigenvalue weighted by atomic mass is 16.5. The van der Waals surface area contributed by atoms with Gasteiger partial charge in [-0.25, -0.2) is 4.79 Å². The van der Waals surface area contributed by atoms with Crippen molar-refractivity contribution in [3.63, 3.8) is 0 Å². The Balaban J connectivity index is 1.47. The fourth-order valence-corrected chi connectivity index (χ4v) is 3.20. The summed E-state index contributed by atoms with van der Waals surface area (Å²) in [5.41, 5.74) is 1.51. The summed E-state index contributed by atoms with van der Waals surface area (Å²) >= 11 is 0. The summed E-state index contributed by atoms with van der Waals surface area (Å²) in [6, 6.07) is 20.9. The molecule has 0 heterocycles. The van der Waals surface area contributed by atoms with Crippen LogP contribution in [0.3, 0.4) is 0 Å². The van der Waals surface area contributed by atoms with E-state index in [9.17, 15) is 9.59 Å². The number of benzene rings is 3. The Labute approximate surface area is 175 Å². The summed E-state index contributed by atoms with van der Waals surface area (Å²) in [4.78, 5) is 25.0. The van der Waals surface area contributed by atoms with Crippen molar-refractivity contribution in [1.82, 2.24) is 5.32 Å². The van der Waals surface area contributed by atoms with Gasteiger partial charge in [0.1, 0.15) is 5.75 Å². The monoisotopic (exact) mass is 401 g/mol. The number of amides is 1. The number of nitrogens with one attached hydrogen (secondary N) is 1. The van der Waals surface area contributed by atoms with Crippen LogP contribution in [0, 0.1) is 0 Å². The molecule has 3 aromatic rings. The number of hydrogen-bond donors (Lipinski definition) is 1. The first-order valence-electron chi connectivity index (χ1n) is 9.94. The van der Waals surface area contributed by atoms with E-state index in [1.807, 2.05) is 54.6 Å². The summed E-state index contributed by atoms with van der Waals surface area (Å²) in [7, 11) is 1.64. The van der Waals surface area contributed by atoms with E-state index in [2.05, 4.69) is 5.32 Å². The van der Waals surface area contributed by atoms with Crippen molar-refractivity contribution in [1.29, 1.82) is 0 Å². The van der Waals surface area contributed by atoms with Gasteiger partial charge in [0.05, 0.1) is 7.11 Å². The number of fused-ring (bicyclic) bond motifs is 1. The summed E-state index contributed by atoms with van der Waals surface area (Å²) in [5, 5.41) is 5.00. The predicted molar refractivity (Wildman–Crippen MR) is 116 cm³/mol. The molecule has 5 heteroatoms. The third-order valence-electron chi connectivity index (χ3n) is 4.98. The molecule has 0 bridgehead atoms. The first-order chi connectivity index (χ1) is 14.6. The molecule has 0 saturated heterocycles. The normalized spacial score (nSPS) is 14.4. The largest absolute Gasteiger partial charge is 0.497 e. The highest BCUT2D eigenvalue weighted by molar-refractivity contribution is 5.92. The average molecular weight is 401 g/mol. The zero-order valence-corrected chi connectivity index (χ0v) is 16.7. The van der Waals surface area contributed by atoms with Gasteiger partial charge in [-0.3, -0.25) is 4.79 Å². The first kappa shape index (κ1) is 19.7. The fraction of sp³-hybridized carbons (Fsp3) is 0.200. The Morgan fingerprint density at radius 3 is 2.47 bits per heavy atom. The Bertz CT molecular complexity index is 1090. The van der Waals surface area contributed by atoms with Crippen LogP contribution in [0.15, 0.2) is 72.8 Å². The summed E-state index contributed by atoms with van der Waals surface area (Å²) in [5.74, 6) is -0.0551. The summed E-state index contributed by atoms with van der Waals surface area (Å²) < 4.78 is 10.8. The molecule has 1 fully saturated rings. The molecule has 1 atom stereocenters. The molecule has 1 amide bonds. The number of hydrogen-bond acceptors (Lipinski definition) is 4. The Kier molecular flexibility index (Phi) is 5.80. The van der Waals surface area contributed by atoms with Crippen LogP contribution in [-0.2, 0) is 14.3 Å². The van der Waals surface area contributed by atoms with Crippen LogP contribution in [0.1, 0.15) is 30.1 Å². The molecule has 0 aromatic heterocycles. The standard InChI is InChI=1S/C25H23NO4/c1-29-22-13-10-19-15-17(7-9-20(19)16-22)8-14-23(27)30-24(18-5-3-2-4-6-18)25(28)26-21-11-12-21/h2-10,13-16,21,24H,11-12H2,1H3,(H,26,28)/b14-8+/t24-/m1/s1. The van der Waals surface area contributed by atoms with Crippen LogP contribution in [0.5, 0.6) is 5.75 Å². The van der Waals surface area contributed by atoms with Gasteiger partial charge in [0.25, 0.3) is 5.91 Å². The number of ether oxygens (including phenoxy) is 2. The molecule has 1 N–H and O–H groups in total. The maximum absolute atomic E-state index is 12.6. The molecular formula is C25H23NO4. The lowest BCUT2D eigenvalue weighted by atomic mass is 10.1. The van der Waals surface area contributed by atoms with Crippen molar-refractivity contribution < 1.29 is 19.1 Å². The molecule has 0 aliphatic heterocycles. The first-order valence-corrected chi connectivity index (χ1v) is 9.94. The summed E-state index contributed by atoms with van der Waals surface area (Å²) in [6.45, 7) is 0. The predicted octanol–water partition coefficient (Wildman–Crippen LogP) is 4.42. The van der Waals surface area contributed by atoms with Crippen LogP contribution >= 0.6 is 0 Å². The van der Waals surface area contributed by atoms with Gasteiger partial charge in [0.15, 0.2) is 0 Å². The second kappa shape index (κ2) is 8.82. The summed E-state index contributed by atoms with van der Waals surface area (Å²) in [6.07, 6.45) is 4.01.